The minimum Gasteiger partial charge on any atom is -0.333 e. The van der Waals surface area contributed by atoms with Gasteiger partial charge in [-0.05, 0) is 12.8 Å². The number of carbonyl (C=O) groups excluding carboxylic acids is 1. The van der Waals surface area contributed by atoms with Gasteiger partial charge >= 0.3 is 0 Å². The molecule has 9 heavy (non-hydrogen) atoms. The van der Waals surface area contributed by atoms with Crippen molar-refractivity contribution in [3.05, 3.63) is 0 Å². The lowest BCUT2D eigenvalue weighted by atomic mass is 10.4. The van der Waals surface area contributed by atoms with Gasteiger partial charge in [0.2, 0.25) is 0 Å². The molecule has 0 spiro atoms. The summed E-state index contributed by atoms with van der Waals surface area (Å²) in [6.07, 6.45) is 2.37. The Labute approximate surface area is 70.9 Å². The van der Waals surface area contributed by atoms with Gasteiger partial charge in [-0.1, -0.05) is 0 Å². The van der Waals surface area contributed by atoms with Crippen LogP contribution in [0, 0.1) is 0 Å². The normalized spacial score (nSPS) is 18.6. The highest BCUT2D eigenvalue weighted by atomic mass is 127. The minimum absolute atomic E-state index is 0.216. The highest BCUT2D eigenvalue weighted by molar-refractivity contribution is 14.2. The molecule has 1 amide bonds. The Hall–Kier alpha value is 0.550. The second-order valence-corrected chi connectivity index (χ2v) is 3.86. The molecular weight excluding hydrogens is 249 g/mol. The molecular formula is C5H8INOS. The molecule has 0 radical (unpaired) electrons. The number of halogens is 1. The number of likely N-dealkylation sites (tertiary alicyclic amines) is 1. The summed E-state index contributed by atoms with van der Waals surface area (Å²) in [7, 11) is 1.28. The van der Waals surface area contributed by atoms with Crippen molar-refractivity contribution in [2.24, 2.45) is 0 Å². The molecule has 0 unspecified atom stereocenters. The number of hydrogen-bond acceptors (Lipinski definition) is 2. The molecule has 0 aromatic heterocycles. The van der Waals surface area contributed by atoms with Crippen molar-refractivity contribution in [3.63, 3.8) is 0 Å². The predicted molar refractivity (Wildman–Crippen MR) is 47.8 cm³/mol. The minimum atomic E-state index is 0.216. The van der Waals surface area contributed by atoms with Crippen molar-refractivity contribution in [2.45, 2.75) is 12.8 Å². The van der Waals surface area contributed by atoms with Gasteiger partial charge in [0.1, 0.15) is 0 Å². The van der Waals surface area contributed by atoms with Crippen LogP contribution in [0.5, 0.6) is 0 Å². The van der Waals surface area contributed by atoms with Gasteiger partial charge in [-0.15, -0.1) is 0 Å². The molecule has 1 heterocycles. The molecule has 0 N–H and O–H groups in total. The van der Waals surface area contributed by atoms with E-state index in [9.17, 15) is 4.79 Å². The molecule has 1 aliphatic rings. The van der Waals surface area contributed by atoms with E-state index in [1.165, 1.54) is 21.8 Å². The van der Waals surface area contributed by atoms with Crippen molar-refractivity contribution in [3.8, 4) is 0 Å². The molecule has 1 aliphatic heterocycles. The number of amides is 1. The quantitative estimate of drug-likeness (QED) is 0.620. The van der Waals surface area contributed by atoms with E-state index < -0.39 is 0 Å². The van der Waals surface area contributed by atoms with E-state index in [-0.39, 0.29) is 5.24 Å². The van der Waals surface area contributed by atoms with Crippen molar-refractivity contribution >= 4 is 35.4 Å². The van der Waals surface area contributed by atoms with Gasteiger partial charge in [0.25, 0.3) is 5.24 Å². The van der Waals surface area contributed by atoms with E-state index in [0.717, 1.165) is 13.1 Å². The van der Waals surface area contributed by atoms with Crippen molar-refractivity contribution in [1.29, 1.82) is 0 Å². The van der Waals surface area contributed by atoms with Crippen LogP contribution >= 0.6 is 30.1 Å². The van der Waals surface area contributed by atoms with E-state index in [1.54, 1.807) is 0 Å². The maximum absolute atomic E-state index is 10.9. The molecule has 0 aromatic rings. The lowest BCUT2D eigenvalue weighted by Crippen LogP contribution is -2.22. The van der Waals surface area contributed by atoms with Crippen LogP contribution in [0.3, 0.4) is 0 Å². The first-order valence-electron chi connectivity index (χ1n) is 2.92. The third kappa shape index (κ3) is 2.00. The van der Waals surface area contributed by atoms with Crippen LogP contribution in [0.1, 0.15) is 12.8 Å². The smallest absolute Gasteiger partial charge is 0.291 e. The summed E-state index contributed by atoms with van der Waals surface area (Å²) >= 11 is 2.03. The highest BCUT2D eigenvalue weighted by Gasteiger charge is 2.16. The lowest BCUT2D eigenvalue weighted by molar-refractivity contribution is 0.234. The third-order valence-corrected chi connectivity index (χ3v) is 2.95. The zero-order chi connectivity index (χ0) is 6.69. The van der Waals surface area contributed by atoms with E-state index >= 15 is 0 Å². The first kappa shape index (κ1) is 7.65. The van der Waals surface area contributed by atoms with Crippen LogP contribution in [-0.4, -0.2) is 23.2 Å². The van der Waals surface area contributed by atoms with Gasteiger partial charge < -0.3 is 4.90 Å². The SMILES string of the molecule is O=C(SI)N1CCCC1. The Balaban J connectivity index is 2.32. The zero-order valence-electron chi connectivity index (χ0n) is 4.97. The predicted octanol–water partition coefficient (Wildman–Crippen LogP) is 2.29. The second-order valence-electron chi connectivity index (χ2n) is 2.04. The first-order valence-corrected chi connectivity index (χ1v) is 6.28. The summed E-state index contributed by atoms with van der Waals surface area (Å²) in [5.74, 6) is 0. The van der Waals surface area contributed by atoms with Crippen LogP contribution in [0.25, 0.3) is 0 Å². The zero-order valence-corrected chi connectivity index (χ0v) is 7.94. The molecule has 2 nitrogen and oxygen atoms in total. The van der Waals surface area contributed by atoms with Crippen LogP contribution in [0.2, 0.25) is 0 Å². The first-order chi connectivity index (χ1) is 4.34. The molecule has 0 aromatic carbocycles. The fraction of sp³-hybridized carbons (Fsp3) is 0.800. The number of carbonyl (C=O) groups is 1. The van der Waals surface area contributed by atoms with Gasteiger partial charge in [0.15, 0.2) is 0 Å². The van der Waals surface area contributed by atoms with Gasteiger partial charge in [0.05, 0.1) is 0 Å². The van der Waals surface area contributed by atoms with Crippen molar-refractivity contribution < 1.29 is 4.79 Å². The van der Waals surface area contributed by atoms with E-state index in [0.29, 0.717) is 0 Å². The number of nitrogens with zero attached hydrogens (tertiary/aromatic N) is 1. The molecule has 52 valence electrons. The van der Waals surface area contributed by atoms with Crippen molar-refractivity contribution in [1.82, 2.24) is 4.90 Å². The van der Waals surface area contributed by atoms with E-state index in [4.69, 9.17) is 0 Å². The fourth-order valence-corrected chi connectivity index (χ4v) is 2.06. The molecule has 0 atom stereocenters. The average Bonchev–Trinajstić information content (AvgIpc) is 2.37. The summed E-state index contributed by atoms with van der Waals surface area (Å²) in [6, 6.07) is 0. The molecule has 4 heteroatoms. The monoisotopic (exact) mass is 257 g/mol. The Morgan fingerprint density at radius 1 is 1.44 bits per heavy atom. The van der Waals surface area contributed by atoms with Crippen LogP contribution in [0.4, 0.5) is 4.79 Å². The van der Waals surface area contributed by atoms with E-state index in [1.807, 2.05) is 26.1 Å². The molecule has 1 fully saturated rings. The number of rotatable bonds is 0. The fourth-order valence-electron chi connectivity index (χ4n) is 0.949. The standard InChI is InChI=1S/C5H8INOS/c6-9-5(8)7-3-1-2-4-7/h1-4H2. The highest BCUT2D eigenvalue weighted by Crippen LogP contribution is 2.20. The largest absolute Gasteiger partial charge is 0.333 e. The molecule has 1 rings (SSSR count). The third-order valence-electron chi connectivity index (χ3n) is 1.43. The Kier molecular flexibility index (Phi) is 3.11. The number of hydrogen-bond donors (Lipinski definition) is 0. The summed E-state index contributed by atoms with van der Waals surface area (Å²) < 4.78 is 0. The van der Waals surface area contributed by atoms with Gasteiger partial charge in [-0.2, -0.15) is 0 Å². The maximum Gasteiger partial charge on any atom is 0.291 e. The van der Waals surface area contributed by atoms with Gasteiger partial charge in [-0.25, -0.2) is 0 Å². The summed E-state index contributed by atoms with van der Waals surface area (Å²) in [4.78, 5) is 12.8. The molecule has 0 aliphatic carbocycles. The molecule has 1 saturated heterocycles. The van der Waals surface area contributed by atoms with Crippen LogP contribution in [0.15, 0.2) is 0 Å². The summed E-state index contributed by atoms with van der Waals surface area (Å²) in [5, 5.41) is 0.216. The van der Waals surface area contributed by atoms with Gasteiger partial charge in [0, 0.05) is 43.2 Å². The van der Waals surface area contributed by atoms with Crippen molar-refractivity contribution in [2.75, 3.05) is 13.1 Å². The summed E-state index contributed by atoms with van der Waals surface area (Å²) in [5.41, 5.74) is 0. The maximum atomic E-state index is 10.9. The molecule has 0 bridgehead atoms. The second kappa shape index (κ2) is 3.65. The van der Waals surface area contributed by atoms with Crippen LogP contribution in [-0.2, 0) is 0 Å². The Bertz CT molecular complexity index is 114. The van der Waals surface area contributed by atoms with Gasteiger partial charge in [-0.3, -0.25) is 4.79 Å². The topological polar surface area (TPSA) is 20.3 Å². The van der Waals surface area contributed by atoms with Crippen LogP contribution < -0.4 is 0 Å². The lowest BCUT2D eigenvalue weighted by Gasteiger charge is -2.10. The Morgan fingerprint density at radius 3 is 2.44 bits per heavy atom. The molecule has 0 saturated carbocycles. The van der Waals surface area contributed by atoms with E-state index in [2.05, 4.69) is 0 Å². The Morgan fingerprint density at radius 2 is 2.00 bits per heavy atom. The summed E-state index contributed by atoms with van der Waals surface area (Å²) in [6.45, 7) is 1.93. The average molecular weight is 257 g/mol.